The van der Waals surface area contributed by atoms with Crippen molar-refractivity contribution in [3.05, 3.63) is 30.9 Å². The highest BCUT2D eigenvalue weighted by Crippen LogP contribution is 2.19. The molecule has 2 aliphatic rings. The molecular weight excluding hydrogens is 280 g/mol. The van der Waals surface area contributed by atoms with Crippen molar-refractivity contribution >= 4 is 17.5 Å². The lowest BCUT2D eigenvalue weighted by Gasteiger charge is -2.35. The Labute approximate surface area is 131 Å². The van der Waals surface area contributed by atoms with Gasteiger partial charge in [-0.15, -0.1) is 0 Å². The van der Waals surface area contributed by atoms with E-state index in [0.717, 1.165) is 51.0 Å². The summed E-state index contributed by atoms with van der Waals surface area (Å²) >= 11 is 0. The van der Waals surface area contributed by atoms with Gasteiger partial charge in [0.25, 0.3) is 0 Å². The molecule has 3 rings (SSSR count). The van der Waals surface area contributed by atoms with Crippen molar-refractivity contribution in [2.24, 2.45) is 0 Å². The number of piperazine rings is 1. The third-order valence-corrected chi connectivity index (χ3v) is 4.14. The summed E-state index contributed by atoms with van der Waals surface area (Å²) in [5, 5.41) is 0. The minimum atomic E-state index is 0.00896. The molecule has 0 bridgehead atoms. The van der Waals surface area contributed by atoms with Crippen LogP contribution < -0.4 is 9.80 Å². The van der Waals surface area contributed by atoms with Gasteiger partial charge in [0.1, 0.15) is 11.6 Å². The average molecular weight is 302 g/mol. The van der Waals surface area contributed by atoms with E-state index in [0.29, 0.717) is 13.1 Å². The van der Waals surface area contributed by atoms with Crippen LogP contribution in [0.25, 0.3) is 0 Å². The Morgan fingerprint density at radius 2 is 1.64 bits per heavy atom. The zero-order valence-corrected chi connectivity index (χ0v) is 12.8. The van der Waals surface area contributed by atoms with Crippen LogP contribution >= 0.6 is 0 Å². The molecule has 1 amide bonds. The number of pyridine rings is 1. The summed E-state index contributed by atoms with van der Waals surface area (Å²) in [5.74, 6) is 2.00. The molecule has 0 spiro atoms. The second kappa shape index (κ2) is 6.79. The van der Waals surface area contributed by atoms with Crippen LogP contribution in [-0.2, 0) is 9.53 Å². The lowest BCUT2D eigenvalue weighted by atomic mass is 10.3. The molecule has 2 aliphatic heterocycles. The van der Waals surface area contributed by atoms with Gasteiger partial charge in [0.15, 0.2) is 0 Å². The van der Waals surface area contributed by atoms with E-state index >= 15 is 0 Å². The van der Waals surface area contributed by atoms with Crippen molar-refractivity contribution < 1.29 is 9.53 Å². The van der Waals surface area contributed by atoms with E-state index in [-0.39, 0.29) is 5.91 Å². The van der Waals surface area contributed by atoms with Gasteiger partial charge >= 0.3 is 0 Å². The molecule has 1 aromatic heterocycles. The number of carbonyl (C=O) groups is 1. The van der Waals surface area contributed by atoms with Gasteiger partial charge in [-0.2, -0.15) is 0 Å². The van der Waals surface area contributed by atoms with Gasteiger partial charge in [0.2, 0.25) is 5.91 Å². The fourth-order valence-corrected chi connectivity index (χ4v) is 2.84. The molecule has 0 aromatic carbocycles. The zero-order valence-electron chi connectivity index (χ0n) is 12.8. The molecule has 22 heavy (non-hydrogen) atoms. The molecule has 1 aromatic rings. The Hall–Kier alpha value is -2.08. The van der Waals surface area contributed by atoms with E-state index in [1.165, 1.54) is 6.08 Å². The highest BCUT2D eigenvalue weighted by Gasteiger charge is 2.21. The number of hydrogen-bond acceptors (Lipinski definition) is 5. The first-order valence-corrected chi connectivity index (χ1v) is 7.74. The number of morpholine rings is 1. The van der Waals surface area contributed by atoms with Crippen molar-refractivity contribution in [2.45, 2.75) is 0 Å². The molecule has 2 fully saturated rings. The maximum atomic E-state index is 11.6. The Bertz CT molecular complexity index is 535. The monoisotopic (exact) mass is 302 g/mol. The lowest BCUT2D eigenvalue weighted by molar-refractivity contribution is -0.126. The number of nitrogens with zero attached hydrogens (tertiary/aromatic N) is 4. The topological polar surface area (TPSA) is 48.9 Å². The lowest BCUT2D eigenvalue weighted by Crippen LogP contribution is -2.48. The Kier molecular flexibility index (Phi) is 4.58. The van der Waals surface area contributed by atoms with Crippen LogP contribution in [-0.4, -0.2) is 68.3 Å². The number of rotatable bonds is 3. The van der Waals surface area contributed by atoms with Crippen LogP contribution in [0.5, 0.6) is 0 Å². The van der Waals surface area contributed by atoms with Crippen LogP contribution in [0.3, 0.4) is 0 Å². The summed E-state index contributed by atoms with van der Waals surface area (Å²) in [7, 11) is 0. The summed E-state index contributed by atoms with van der Waals surface area (Å²) in [6.07, 6.45) is 1.38. The number of ether oxygens (including phenoxy) is 1. The number of hydrogen-bond donors (Lipinski definition) is 0. The van der Waals surface area contributed by atoms with Gasteiger partial charge in [-0.3, -0.25) is 4.79 Å². The largest absolute Gasteiger partial charge is 0.378 e. The van der Waals surface area contributed by atoms with Gasteiger partial charge in [-0.25, -0.2) is 4.98 Å². The molecule has 118 valence electrons. The van der Waals surface area contributed by atoms with E-state index in [4.69, 9.17) is 9.72 Å². The fraction of sp³-hybridized carbons (Fsp3) is 0.500. The highest BCUT2D eigenvalue weighted by atomic mass is 16.5. The quantitative estimate of drug-likeness (QED) is 0.771. The van der Waals surface area contributed by atoms with Gasteiger partial charge < -0.3 is 19.4 Å². The molecule has 6 nitrogen and oxygen atoms in total. The van der Waals surface area contributed by atoms with Gasteiger partial charge in [0.05, 0.1) is 13.2 Å². The maximum absolute atomic E-state index is 11.6. The molecule has 0 saturated carbocycles. The standard InChI is InChI=1S/C16H22N4O2/c1-2-16(21)20-8-6-18(7-9-20)14-4-3-5-15(17-14)19-10-12-22-13-11-19/h2-5H,1,6-13H2. The van der Waals surface area contributed by atoms with Gasteiger partial charge in [0, 0.05) is 39.3 Å². The Morgan fingerprint density at radius 1 is 1.05 bits per heavy atom. The molecule has 0 atom stereocenters. The first-order valence-electron chi connectivity index (χ1n) is 7.74. The SMILES string of the molecule is C=CC(=O)N1CCN(c2cccc(N3CCOCC3)n2)CC1. The molecule has 0 radical (unpaired) electrons. The van der Waals surface area contributed by atoms with Crippen molar-refractivity contribution in [2.75, 3.05) is 62.3 Å². The van der Waals surface area contributed by atoms with E-state index in [1.54, 1.807) is 0 Å². The van der Waals surface area contributed by atoms with Crippen LogP contribution in [0.1, 0.15) is 0 Å². The Balaban J connectivity index is 1.65. The number of carbonyl (C=O) groups excluding carboxylic acids is 1. The summed E-state index contributed by atoms with van der Waals surface area (Å²) in [6.45, 7) is 9.88. The first-order chi connectivity index (χ1) is 10.8. The minimum Gasteiger partial charge on any atom is -0.378 e. The molecule has 6 heteroatoms. The number of aromatic nitrogens is 1. The Morgan fingerprint density at radius 3 is 2.23 bits per heavy atom. The van der Waals surface area contributed by atoms with Crippen LogP contribution in [0.4, 0.5) is 11.6 Å². The van der Waals surface area contributed by atoms with Crippen LogP contribution in [0, 0.1) is 0 Å². The van der Waals surface area contributed by atoms with E-state index in [9.17, 15) is 4.79 Å². The molecule has 0 aliphatic carbocycles. The highest BCUT2D eigenvalue weighted by molar-refractivity contribution is 5.87. The van der Waals surface area contributed by atoms with Gasteiger partial charge in [-0.05, 0) is 18.2 Å². The summed E-state index contributed by atoms with van der Waals surface area (Å²) in [5.41, 5.74) is 0. The van der Waals surface area contributed by atoms with Crippen LogP contribution in [0.15, 0.2) is 30.9 Å². The third kappa shape index (κ3) is 3.22. The molecule has 3 heterocycles. The van der Waals surface area contributed by atoms with Gasteiger partial charge in [-0.1, -0.05) is 12.6 Å². The minimum absolute atomic E-state index is 0.00896. The zero-order chi connectivity index (χ0) is 15.4. The van der Waals surface area contributed by atoms with Crippen molar-refractivity contribution in [1.29, 1.82) is 0 Å². The summed E-state index contributed by atoms with van der Waals surface area (Å²) < 4.78 is 5.39. The molecular formula is C16H22N4O2. The summed E-state index contributed by atoms with van der Waals surface area (Å²) in [6, 6.07) is 6.13. The first kappa shape index (κ1) is 14.8. The smallest absolute Gasteiger partial charge is 0.246 e. The number of amides is 1. The predicted octanol–water partition coefficient (Wildman–Crippen LogP) is 0.753. The second-order valence-corrected chi connectivity index (χ2v) is 5.47. The predicted molar refractivity (Wildman–Crippen MR) is 86.3 cm³/mol. The van der Waals surface area contributed by atoms with E-state index < -0.39 is 0 Å². The molecule has 2 saturated heterocycles. The van der Waals surface area contributed by atoms with E-state index in [1.807, 2.05) is 23.1 Å². The normalized spacial score (nSPS) is 19.2. The van der Waals surface area contributed by atoms with Crippen molar-refractivity contribution in [3.8, 4) is 0 Å². The fourth-order valence-electron chi connectivity index (χ4n) is 2.84. The molecule has 0 N–H and O–H groups in total. The maximum Gasteiger partial charge on any atom is 0.246 e. The third-order valence-electron chi connectivity index (χ3n) is 4.14. The second-order valence-electron chi connectivity index (χ2n) is 5.47. The van der Waals surface area contributed by atoms with E-state index in [2.05, 4.69) is 16.4 Å². The average Bonchev–Trinajstić information content (AvgIpc) is 2.62. The van der Waals surface area contributed by atoms with Crippen molar-refractivity contribution in [1.82, 2.24) is 9.88 Å². The van der Waals surface area contributed by atoms with Crippen molar-refractivity contribution in [3.63, 3.8) is 0 Å². The molecule has 0 unspecified atom stereocenters. The summed E-state index contributed by atoms with van der Waals surface area (Å²) in [4.78, 5) is 22.7. The van der Waals surface area contributed by atoms with Crippen LogP contribution in [0.2, 0.25) is 0 Å². The number of anilines is 2.